The van der Waals surface area contributed by atoms with Gasteiger partial charge in [0.15, 0.2) is 0 Å². The summed E-state index contributed by atoms with van der Waals surface area (Å²) in [6, 6.07) is 17.1. The van der Waals surface area contributed by atoms with E-state index in [1.54, 1.807) is 12.3 Å². The second-order valence-corrected chi connectivity index (χ2v) is 5.18. The molecule has 0 aliphatic carbocycles. The van der Waals surface area contributed by atoms with Gasteiger partial charge in [0, 0.05) is 5.56 Å². The third kappa shape index (κ3) is 5.15. The Kier molecular flexibility index (Phi) is 6.19. The molecule has 0 saturated carbocycles. The van der Waals surface area contributed by atoms with Gasteiger partial charge in [-0.15, -0.1) is 0 Å². The predicted octanol–water partition coefficient (Wildman–Crippen LogP) is 4.29. The van der Waals surface area contributed by atoms with E-state index in [2.05, 4.69) is 18.1 Å². The second kappa shape index (κ2) is 8.60. The van der Waals surface area contributed by atoms with Crippen molar-refractivity contribution in [1.82, 2.24) is 0 Å². The standard InChI is InChI=1S/C19H20N2O2/c1-3-15(2)23-19-10-8-16(9-11-19)13-21-22-14-18-7-5-4-6-17(18)12-20/h4-11,13,15H,3,14H2,1-2H3/b21-13-/t15-/m1/s1. The molecule has 4 nitrogen and oxygen atoms in total. The smallest absolute Gasteiger partial charge is 0.143 e. The summed E-state index contributed by atoms with van der Waals surface area (Å²) in [5.74, 6) is 0.848. The van der Waals surface area contributed by atoms with Gasteiger partial charge in [-0.3, -0.25) is 0 Å². The first kappa shape index (κ1) is 16.6. The van der Waals surface area contributed by atoms with E-state index in [9.17, 15) is 0 Å². The predicted molar refractivity (Wildman–Crippen MR) is 90.4 cm³/mol. The van der Waals surface area contributed by atoms with E-state index >= 15 is 0 Å². The molecule has 2 aromatic rings. The lowest BCUT2D eigenvalue weighted by Gasteiger charge is -2.12. The monoisotopic (exact) mass is 308 g/mol. The molecule has 23 heavy (non-hydrogen) atoms. The normalized spacial score (nSPS) is 11.9. The molecule has 118 valence electrons. The summed E-state index contributed by atoms with van der Waals surface area (Å²) < 4.78 is 5.72. The summed E-state index contributed by atoms with van der Waals surface area (Å²) >= 11 is 0. The Labute approximate surface area is 137 Å². The average molecular weight is 308 g/mol. The molecule has 0 fully saturated rings. The molecule has 0 aliphatic heterocycles. The molecule has 0 bridgehead atoms. The fraction of sp³-hybridized carbons (Fsp3) is 0.263. The van der Waals surface area contributed by atoms with Gasteiger partial charge in [-0.2, -0.15) is 5.26 Å². The minimum Gasteiger partial charge on any atom is -0.491 e. The highest BCUT2D eigenvalue weighted by Gasteiger charge is 2.01. The first-order chi connectivity index (χ1) is 11.2. The summed E-state index contributed by atoms with van der Waals surface area (Å²) in [4.78, 5) is 5.27. The lowest BCUT2D eigenvalue weighted by Crippen LogP contribution is -2.09. The molecule has 0 spiro atoms. The van der Waals surface area contributed by atoms with E-state index in [4.69, 9.17) is 14.8 Å². The fourth-order valence-corrected chi connectivity index (χ4v) is 1.91. The Balaban J connectivity index is 1.87. The molecule has 4 heteroatoms. The van der Waals surface area contributed by atoms with Gasteiger partial charge in [0.1, 0.15) is 12.4 Å². The van der Waals surface area contributed by atoms with Gasteiger partial charge < -0.3 is 9.57 Å². The van der Waals surface area contributed by atoms with Crippen molar-refractivity contribution in [2.75, 3.05) is 0 Å². The van der Waals surface area contributed by atoms with Gasteiger partial charge in [0.2, 0.25) is 0 Å². The van der Waals surface area contributed by atoms with E-state index in [-0.39, 0.29) is 12.7 Å². The van der Waals surface area contributed by atoms with Crippen LogP contribution in [0.25, 0.3) is 0 Å². The zero-order valence-corrected chi connectivity index (χ0v) is 13.4. The third-order valence-electron chi connectivity index (χ3n) is 3.43. The molecule has 0 heterocycles. The lowest BCUT2D eigenvalue weighted by atomic mass is 10.1. The van der Waals surface area contributed by atoms with Crippen LogP contribution in [0, 0.1) is 11.3 Å². The molecule has 0 unspecified atom stereocenters. The Morgan fingerprint density at radius 2 is 1.91 bits per heavy atom. The Hall–Kier alpha value is -2.80. The van der Waals surface area contributed by atoms with Crippen LogP contribution >= 0.6 is 0 Å². The first-order valence-electron chi connectivity index (χ1n) is 7.63. The van der Waals surface area contributed by atoms with Crippen molar-refractivity contribution in [3.8, 4) is 11.8 Å². The van der Waals surface area contributed by atoms with Gasteiger partial charge in [-0.05, 0) is 49.2 Å². The van der Waals surface area contributed by atoms with Gasteiger partial charge in [-0.1, -0.05) is 30.3 Å². The zero-order chi connectivity index (χ0) is 16.5. The lowest BCUT2D eigenvalue weighted by molar-refractivity contribution is 0.132. The van der Waals surface area contributed by atoms with Gasteiger partial charge in [0.25, 0.3) is 0 Å². The highest BCUT2D eigenvalue weighted by Crippen LogP contribution is 2.14. The molecule has 2 aromatic carbocycles. The summed E-state index contributed by atoms with van der Waals surface area (Å²) in [5.41, 5.74) is 2.36. The van der Waals surface area contributed by atoms with Crippen LogP contribution < -0.4 is 4.74 Å². The van der Waals surface area contributed by atoms with Crippen molar-refractivity contribution in [3.63, 3.8) is 0 Å². The van der Waals surface area contributed by atoms with Crippen LogP contribution in [-0.2, 0) is 11.4 Å². The highest BCUT2D eigenvalue weighted by molar-refractivity contribution is 5.79. The molecule has 0 amide bonds. The first-order valence-corrected chi connectivity index (χ1v) is 7.63. The van der Waals surface area contributed by atoms with Crippen LogP contribution in [0.1, 0.15) is 37.0 Å². The molecule has 0 N–H and O–H groups in total. The number of oxime groups is 1. The van der Waals surface area contributed by atoms with Gasteiger partial charge in [0.05, 0.1) is 24.0 Å². The van der Waals surface area contributed by atoms with E-state index in [0.29, 0.717) is 5.56 Å². The van der Waals surface area contributed by atoms with Crippen molar-refractivity contribution in [3.05, 3.63) is 65.2 Å². The van der Waals surface area contributed by atoms with Crippen LogP contribution in [-0.4, -0.2) is 12.3 Å². The summed E-state index contributed by atoms with van der Waals surface area (Å²) in [7, 11) is 0. The van der Waals surface area contributed by atoms with Crippen LogP contribution in [0.5, 0.6) is 5.75 Å². The highest BCUT2D eigenvalue weighted by atomic mass is 16.6. The number of hydrogen-bond acceptors (Lipinski definition) is 4. The number of rotatable bonds is 7. The summed E-state index contributed by atoms with van der Waals surface area (Å²) in [5, 5.41) is 12.9. The largest absolute Gasteiger partial charge is 0.491 e. The van der Waals surface area contributed by atoms with Crippen molar-refractivity contribution in [2.24, 2.45) is 5.16 Å². The fourth-order valence-electron chi connectivity index (χ4n) is 1.91. The maximum Gasteiger partial charge on any atom is 0.143 e. The molecular formula is C19H20N2O2. The van der Waals surface area contributed by atoms with Crippen LogP contribution in [0.2, 0.25) is 0 Å². The minimum atomic E-state index is 0.207. The molecule has 0 aromatic heterocycles. The topological polar surface area (TPSA) is 54.6 Å². The van der Waals surface area contributed by atoms with Crippen molar-refractivity contribution in [2.45, 2.75) is 33.0 Å². The molecule has 1 atom stereocenters. The summed E-state index contributed by atoms with van der Waals surface area (Å²) in [6.45, 7) is 4.41. The minimum absolute atomic E-state index is 0.207. The van der Waals surface area contributed by atoms with Crippen molar-refractivity contribution >= 4 is 6.21 Å². The number of nitriles is 1. The quantitative estimate of drug-likeness (QED) is 0.566. The Morgan fingerprint density at radius 1 is 1.17 bits per heavy atom. The number of nitrogens with zero attached hydrogens (tertiary/aromatic N) is 2. The number of benzene rings is 2. The van der Waals surface area contributed by atoms with Crippen molar-refractivity contribution in [1.29, 1.82) is 5.26 Å². The van der Waals surface area contributed by atoms with E-state index in [1.807, 2.05) is 49.4 Å². The molecule has 0 saturated heterocycles. The number of ether oxygens (including phenoxy) is 1. The Morgan fingerprint density at radius 3 is 2.61 bits per heavy atom. The molecule has 0 radical (unpaired) electrons. The molecular weight excluding hydrogens is 288 g/mol. The molecule has 0 aliphatic rings. The Bertz CT molecular complexity index is 687. The molecule has 2 rings (SSSR count). The van der Waals surface area contributed by atoms with Crippen molar-refractivity contribution < 1.29 is 9.57 Å². The summed E-state index contributed by atoms with van der Waals surface area (Å²) in [6.07, 6.45) is 2.82. The van der Waals surface area contributed by atoms with E-state index < -0.39 is 0 Å². The van der Waals surface area contributed by atoms with Gasteiger partial charge >= 0.3 is 0 Å². The van der Waals surface area contributed by atoms with E-state index in [0.717, 1.165) is 23.3 Å². The maximum absolute atomic E-state index is 9.00. The number of hydrogen-bond donors (Lipinski definition) is 0. The van der Waals surface area contributed by atoms with Gasteiger partial charge in [-0.25, -0.2) is 0 Å². The maximum atomic E-state index is 9.00. The van der Waals surface area contributed by atoms with E-state index in [1.165, 1.54) is 0 Å². The average Bonchev–Trinajstić information content (AvgIpc) is 2.60. The van der Waals surface area contributed by atoms with Crippen LogP contribution in [0.4, 0.5) is 0 Å². The van der Waals surface area contributed by atoms with Crippen LogP contribution in [0.3, 0.4) is 0 Å². The third-order valence-corrected chi connectivity index (χ3v) is 3.43. The SMILES string of the molecule is CC[C@@H](C)Oc1ccc(/C=N\OCc2ccccc2C#N)cc1. The second-order valence-electron chi connectivity index (χ2n) is 5.18. The van der Waals surface area contributed by atoms with Crippen LogP contribution in [0.15, 0.2) is 53.7 Å². The zero-order valence-electron chi connectivity index (χ0n) is 13.4.